The lowest BCUT2D eigenvalue weighted by molar-refractivity contribution is 0.581. The molecule has 0 aromatic heterocycles. The van der Waals surface area contributed by atoms with Crippen LogP contribution in [0.25, 0.3) is 0 Å². The second kappa shape index (κ2) is 6.47. The zero-order valence-electron chi connectivity index (χ0n) is 11.6. The summed E-state index contributed by atoms with van der Waals surface area (Å²) in [7, 11) is -3.55. The number of anilines is 1. The van der Waals surface area contributed by atoms with Gasteiger partial charge in [0.25, 0.3) is 0 Å². The molecule has 2 rings (SSSR count). The number of hydrogen-bond acceptors (Lipinski definition) is 3. The lowest BCUT2D eigenvalue weighted by Gasteiger charge is -2.10. The number of sulfonamides is 1. The molecular formula is C15H17ClN2O2S. The summed E-state index contributed by atoms with van der Waals surface area (Å²) in [6.45, 7) is 2.06. The first-order valence-corrected chi connectivity index (χ1v) is 8.35. The number of rotatable bonds is 5. The Kier molecular flexibility index (Phi) is 4.88. The number of benzene rings is 2. The van der Waals surface area contributed by atoms with E-state index >= 15 is 0 Å². The van der Waals surface area contributed by atoms with Crippen molar-refractivity contribution in [1.29, 1.82) is 0 Å². The molecule has 0 aliphatic heterocycles. The van der Waals surface area contributed by atoms with E-state index in [1.165, 1.54) is 6.07 Å². The van der Waals surface area contributed by atoms with Crippen LogP contribution in [0.2, 0.25) is 5.02 Å². The van der Waals surface area contributed by atoms with Gasteiger partial charge in [0.05, 0.1) is 4.90 Å². The van der Waals surface area contributed by atoms with E-state index in [1.54, 1.807) is 31.2 Å². The third-order valence-electron chi connectivity index (χ3n) is 3.12. The molecule has 0 amide bonds. The molecule has 2 aromatic carbocycles. The zero-order valence-corrected chi connectivity index (χ0v) is 13.2. The van der Waals surface area contributed by atoms with Gasteiger partial charge in [-0.15, -0.1) is 0 Å². The highest BCUT2D eigenvalue weighted by Crippen LogP contribution is 2.18. The van der Waals surface area contributed by atoms with Crippen LogP contribution in [0.1, 0.15) is 11.1 Å². The van der Waals surface area contributed by atoms with Crippen molar-refractivity contribution in [1.82, 2.24) is 4.72 Å². The first-order valence-electron chi connectivity index (χ1n) is 6.49. The Hall–Kier alpha value is -1.56. The molecule has 0 unspecified atom stereocenters. The van der Waals surface area contributed by atoms with Crippen LogP contribution < -0.4 is 10.5 Å². The Labute approximate surface area is 130 Å². The molecule has 0 spiro atoms. The molecule has 112 valence electrons. The van der Waals surface area contributed by atoms with Gasteiger partial charge in [0.1, 0.15) is 0 Å². The van der Waals surface area contributed by atoms with Crippen molar-refractivity contribution in [2.45, 2.75) is 18.2 Å². The lowest BCUT2D eigenvalue weighted by atomic mass is 10.2. The lowest BCUT2D eigenvalue weighted by Crippen LogP contribution is -2.26. The smallest absolute Gasteiger partial charge is 0.240 e. The van der Waals surface area contributed by atoms with Gasteiger partial charge >= 0.3 is 0 Å². The summed E-state index contributed by atoms with van der Waals surface area (Å²) < 4.78 is 27.1. The third kappa shape index (κ3) is 4.20. The van der Waals surface area contributed by atoms with E-state index in [4.69, 9.17) is 17.3 Å². The molecule has 0 fully saturated rings. The summed E-state index contributed by atoms with van der Waals surface area (Å²) >= 11 is 5.81. The van der Waals surface area contributed by atoms with Crippen LogP contribution in [0.3, 0.4) is 0 Å². The number of nitrogen functional groups attached to an aromatic ring is 1. The van der Waals surface area contributed by atoms with E-state index in [9.17, 15) is 8.42 Å². The molecule has 0 radical (unpaired) electrons. The van der Waals surface area contributed by atoms with E-state index in [2.05, 4.69) is 4.72 Å². The number of nitrogens with two attached hydrogens (primary N) is 1. The van der Waals surface area contributed by atoms with Gasteiger partial charge in [-0.1, -0.05) is 29.8 Å². The zero-order chi connectivity index (χ0) is 15.5. The first kappa shape index (κ1) is 15.8. The fourth-order valence-electron chi connectivity index (χ4n) is 1.96. The highest BCUT2D eigenvalue weighted by Gasteiger charge is 2.16. The van der Waals surface area contributed by atoms with Gasteiger partial charge in [-0.25, -0.2) is 13.1 Å². The van der Waals surface area contributed by atoms with Crippen molar-refractivity contribution in [2.24, 2.45) is 0 Å². The Bertz CT molecular complexity index is 728. The van der Waals surface area contributed by atoms with E-state index in [0.29, 0.717) is 29.2 Å². The Morgan fingerprint density at radius 1 is 1.14 bits per heavy atom. The van der Waals surface area contributed by atoms with Gasteiger partial charge in [-0.2, -0.15) is 0 Å². The maximum absolute atomic E-state index is 12.3. The maximum Gasteiger partial charge on any atom is 0.240 e. The molecule has 0 atom stereocenters. The molecule has 0 bridgehead atoms. The van der Waals surface area contributed by atoms with Gasteiger partial charge in [0, 0.05) is 17.3 Å². The maximum atomic E-state index is 12.3. The van der Waals surface area contributed by atoms with E-state index < -0.39 is 10.0 Å². The Balaban J connectivity index is 2.04. The van der Waals surface area contributed by atoms with Crippen LogP contribution in [-0.2, 0) is 16.4 Å². The van der Waals surface area contributed by atoms with Crippen molar-refractivity contribution < 1.29 is 8.42 Å². The number of halogens is 1. The highest BCUT2D eigenvalue weighted by molar-refractivity contribution is 7.89. The molecule has 4 nitrogen and oxygen atoms in total. The predicted molar refractivity (Wildman–Crippen MR) is 85.9 cm³/mol. The van der Waals surface area contributed by atoms with E-state index in [-0.39, 0.29) is 4.90 Å². The van der Waals surface area contributed by atoms with Gasteiger partial charge in [-0.05, 0) is 48.7 Å². The quantitative estimate of drug-likeness (QED) is 0.831. The monoisotopic (exact) mass is 324 g/mol. The second-order valence-corrected chi connectivity index (χ2v) is 6.97. The molecule has 0 aliphatic carbocycles. The first-order chi connectivity index (χ1) is 9.88. The van der Waals surface area contributed by atoms with E-state index in [1.807, 2.05) is 12.1 Å². The number of hydrogen-bond donors (Lipinski definition) is 2. The van der Waals surface area contributed by atoms with Crippen LogP contribution in [0.4, 0.5) is 5.69 Å². The number of aryl methyl sites for hydroxylation is 1. The Morgan fingerprint density at radius 3 is 2.48 bits per heavy atom. The highest BCUT2D eigenvalue weighted by atomic mass is 35.5. The normalized spacial score (nSPS) is 11.5. The molecule has 6 heteroatoms. The standard InChI is InChI=1S/C15H17ClN2O2S/c1-11-2-7-14(17)10-15(11)21(19,20)18-9-8-12-3-5-13(16)6-4-12/h2-7,10,18H,8-9,17H2,1H3. The van der Waals surface area contributed by atoms with Crippen molar-refractivity contribution >= 4 is 27.3 Å². The summed E-state index contributed by atoms with van der Waals surface area (Å²) in [5.41, 5.74) is 7.77. The van der Waals surface area contributed by atoms with Crippen molar-refractivity contribution in [3.05, 3.63) is 58.6 Å². The summed E-state index contributed by atoms with van der Waals surface area (Å²) in [6.07, 6.45) is 0.595. The summed E-state index contributed by atoms with van der Waals surface area (Å²) in [5.74, 6) is 0. The molecule has 0 saturated carbocycles. The van der Waals surface area contributed by atoms with Crippen LogP contribution in [0.15, 0.2) is 47.4 Å². The van der Waals surface area contributed by atoms with Gasteiger partial charge in [0.15, 0.2) is 0 Å². The minimum Gasteiger partial charge on any atom is -0.399 e. The molecule has 0 aliphatic rings. The summed E-state index contributed by atoms with van der Waals surface area (Å²) in [4.78, 5) is 0.221. The SMILES string of the molecule is Cc1ccc(N)cc1S(=O)(=O)NCCc1ccc(Cl)cc1. The molecule has 3 N–H and O–H groups in total. The fourth-order valence-corrected chi connectivity index (χ4v) is 3.40. The van der Waals surface area contributed by atoms with Crippen LogP contribution in [-0.4, -0.2) is 15.0 Å². The number of nitrogens with one attached hydrogen (secondary N) is 1. The minimum absolute atomic E-state index is 0.221. The average Bonchev–Trinajstić information content (AvgIpc) is 2.43. The predicted octanol–water partition coefficient (Wildman–Crippen LogP) is 2.75. The van der Waals surface area contributed by atoms with Gasteiger partial charge in [0.2, 0.25) is 10.0 Å². The van der Waals surface area contributed by atoms with Crippen LogP contribution >= 0.6 is 11.6 Å². The van der Waals surface area contributed by atoms with Crippen molar-refractivity contribution in [2.75, 3.05) is 12.3 Å². The minimum atomic E-state index is -3.55. The van der Waals surface area contributed by atoms with Gasteiger partial charge < -0.3 is 5.73 Å². The fraction of sp³-hybridized carbons (Fsp3) is 0.200. The largest absolute Gasteiger partial charge is 0.399 e. The van der Waals surface area contributed by atoms with Gasteiger partial charge in [-0.3, -0.25) is 0 Å². The van der Waals surface area contributed by atoms with Crippen LogP contribution in [0.5, 0.6) is 0 Å². The summed E-state index contributed by atoms with van der Waals surface area (Å²) in [6, 6.07) is 12.2. The second-order valence-electron chi connectivity index (χ2n) is 4.80. The Morgan fingerprint density at radius 2 is 1.81 bits per heavy atom. The van der Waals surface area contributed by atoms with Crippen molar-refractivity contribution in [3.63, 3.8) is 0 Å². The van der Waals surface area contributed by atoms with Crippen molar-refractivity contribution in [3.8, 4) is 0 Å². The molecule has 0 saturated heterocycles. The average molecular weight is 325 g/mol. The topological polar surface area (TPSA) is 72.2 Å². The summed E-state index contributed by atoms with van der Waals surface area (Å²) in [5, 5.41) is 0.662. The third-order valence-corrected chi connectivity index (χ3v) is 4.98. The molecule has 2 aromatic rings. The van der Waals surface area contributed by atoms with E-state index in [0.717, 1.165) is 5.56 Å². The molecule has 21 heavy (non-hydrogen) atoms. The molecule has 0 heterocycles. The van der Waals surface area contributed by atoms with Crippen LogP contribution in [0, 0.1) is 6.92 Å². The molecular weight excluding hydrogens is 308 g/mol.